The van der Waals surface area contributed by atoms with Crippen molar-refractivity contribution < 1.29 is 13.2 Å². The second-order valence-electron chi connectivity index (χ2n) is 5.55. The molecule has 1 aromatic carbocycles. The van der Waals surface area contributed by atoms with Gasteiger partial charge < -0.3 is 5.32 Å². The molecular weight excluding hydrogens is 332 g/mol. The van der Waals surface area contributed by atoms with Crippen molar-refractivity contribution in [1.82, 2.24) is 9.62 Å². The zero-order chi connectivity index (χ0) is 16.7. The summed E-state index contributed by atoms with van der Waals surface area (Å²) >= 11 is 1.70. The molecule has 1 saturated heterocycles. The first-order valence-electron chi connectivity index (χ1n) is 7.96. The summed E-state index contributed by atoms with van der Waals surface area (Å²) in [7, 11) is -3.20. The molecular formula is C16H24N2O3S2. The second-order valence-corrected chi connectivity index (χ2v) is 8.98. The Balaban J connectivity index is 1.75. The van der Waals surface area contributed by atoms with Crippen LogP contribution in [0.1, 0.15) is 19.8 Å². The Bertz CT molecular complexity index is 605. The third-order valence-electron chi connectivity index (χ3n) is 3.93. The number of nitrogens with zero attached hydrogens (tertiary/aromatic N) is 1. The van der Waals surface area contributed by atoms with E-state index in [9.17, 15) is 13.2 Å². The van der Waals surface area contributed by atoms with E-state index in [1.54, 1.807) is 18.7 Å². The number of piperidine rings is 1. The molecule has 1 aliphatic rings. The summed E-state index contributed by atoms with van der Waals surface area (Å²) in [6, 6.07) is 10.0. The average molecular weight is 357 g/mol. The van der Waals surface area contributed by atoms with Crippen LogP contribution in [-0.4, -0.2) is 49.8 Å². The SMILES string of the molecule is CCS(=O)(=O)N1CCC[C@H](C(=O)NCCSc2ccccc2)C1. The highest BCUT2D eigenvalue weighted by Gasteiger charge is 2.31. The largest absolute Gasteiger partial charge is 0.355 e. The van der Waals surface area contributed by atoms with Gasteiger partial charge in [-0.25, -0.2) is 12.7 Å². The lowest BCUT2D eigenvalue weighted by molar-refractivity contribution is -0.125. The predicted octanol–water partition coefficient (Wildman–Crippen LogP) is 1.96. The number of rotatable bonds is 7. The normalized spacial score (nSPS) is 19.4. The number of thioether (sulfide) groups is 1. The van der Waals surface area contributed by atoms with Gasteiger partial charge in [-0.2, -0.15) is 0 Å². The minimum Gasteiger partial charge on any atom is -0.355 e. The molecule has 1 aromatic rings. The van der Waals surface area contributed by atoms with Gasteiger partial charge >= 0.3 is 0 Å². The lowest BCUT2D eigenvalue weighted by Gasteiger charge is -2.30. The van der Waals surface area contributed by atoms with E-state index in [2.05, 4.69) is 5.32 Å². The van der Waals surface area contributed by atoms with Gasteiger partial charge in [0.1, 0.15) is 0 Å². The van der Waals surface area contributed by atoms with Gasteiger partial charge in [-0.15, -0.1) is 11.8 Å². The lowest BCUT2D eigenvalue weighted by Crippen LogP contribution is -2.46. The Morgan fingerprint density at radius 1 is 1.35 bits per heavy atom. The van der Waals surface area contributed by atoms with Crippen LogP contribution in [0.5, 0.6) is 0 Å². The van der Waals surface area contributed by atoms with Gasteiger partial charge in [0, 0.05) is 30.3 Å². The van der Waals surface area contributed by atoms with E-state index in [1.165, 1.54) is 9.20 Å². The Morgan fingerprint density at radius 2 is 2.09 bits per heavy atom. The maximum atomic E-state index is 12.2. The molecule has 0 aromatic heterocycles. The number of amides is 1. The highest BCUT2D eigenvalue weighted by Crippen LogP contribution is 2.20. The smallest absolute Gasteiger partial charge is 0.224 e. The maximum Gasteiger partial charge on any atom is 0.224 e. The topological polar surface area (TPSA) is 66.5 Å². The van der Waals surface area contributed by atoms with Crippen LogP contribution in [-0.2, 0) is 14.8 Å². The van der Waals surface area contributed by atoms with E-state index >= 15 is 0 Å². The molecule has 128 valence electrons. The van der Waals surface area contributed by atoms with Crippen molar-refractivity contribution in [3.8, 4) is 0 Å². The number of carbonyl (C=O) groups excluding carboxylic acids is 1. The number of sulfonamides is 1. The molecule has 1 N–H and O–H groups in total. The first-order chi connectivity index (χ1) is 11.0. The van der Waals surface area contributed by atoms with E-state index in [-0.39, 0.29) is 17.6 Å². The fraction of sp³-hybridized carbons (Fsp3) is 0.562. The highest BCUT2D eigenvalue weighted by atomic mass is 32.2. The molecule has 0 unspecified atom stereocenters. The second kappa shape index (κ2) is 8.70. The molecule has 1 fully saturated rings. The third kappa shape index (κ3) is 5.51. The summed E-state index contributed by atoms with van der Waals surface area (Å²) in [5, 5.41) is 2.93. The van der Waals surface area contributed by atoms with Crippen molar-refractivity contribution in [2.45, 2.75) is 24.7 Å². The Hall–Kier alpha value is -1.05. The highest BCUT2D eigenvalue weighted by molar-refractivity contribution is 7.99. The number of hydrogen-bond acceptors (Lipinski definition) is 4. The summed E-state index contributed by atoms with van der Waals surface area (Å²) in [4.78, 5) is 13.4. The van der Waals surface area contributed by atoms with Crippen molar-refractivity contribution in [3.05, 3.63) is 30.3 Å². The minimum atomic E-state index is -3.20. The fourth-order valence-corrected chi connectivity index (χ4v) is 4.56. The molecule has 0 radical (unpaired) electrons. The molecule has 23 heavy (non-hydrogen) atoms. The van der Waals surface area contributed by atoms with Crippen molar-refractivity contribution in [3.63, 3.8) is 0 Å². The van der Waals surface area contributed by atoms with Crippen molar-refractivity contribution >= 4 is 27.7 Å². The van der Waals surface area contributed by atoms with Gasteiger partial charge in [-0.3, -0.25) is 4.79 Å². The minimum absolute atomic E-state index is 0.0327. The van der Waals surface area contributed by atoms with Crippen LogP contribution >= 0.6 is 11.8 Å². The predicted molar refractivity (Wildman–Crippen MR) is 93.9 cm³/mol. The molecule has 0 bridgehead atoms. The Labute approximate surface area is 142 Å². The molecule has 1 heterocycles. The van der Waals surface area contributed by atoms with Gasteiger partial charge in [-0.05, 0) is 31.9 Å². The lowest BCUT2D eigenvalue weighted by atomic mass is 9.99. The van der Waals surface area contributed by atoms with E-state index in [0.29, 0.717) is 19.6 Å². The van der Waals surface area contributed by atoms with Crippen molar-refractivity contribution in [2.24, 2.45) is 5.92 Å². The van der Waals surface area contributed by atoms with E-state index in [4.69, 9.17) is 0 Å². The number of benzene rings is 1. The third-order valence-corrected chi connectivity index (χ3v) is 6.79. The molecule has 1 aliphatic heterocycles. The average Bonchev–Trinajstić information content (AvgIpc) is 2.59. The van der Waals surface area contributed by atoms with Gasteiger partial charge in [0.2, 0.25) is 15.9 Å². The molecule has 0 saturated carbocycles. The number of carbonyl (C=O) groups is 1. The molecule has 1 atom stereocenters. The molecule has 0 aliphatic carbocycles. The standard InChI is InChI=1S/C16H24N2O3S2/c1-2-23(20,21)18-11-6-7-14(13-18)16(19)17-10-12-22-15-8-4-3-5-9-15/h3-5,8-9,14H,2,6-7,10-13H2,1H3,(H,17,19)/t14-/m0/s1. The fourth-order valence-electron chi connectivity index (χ4n) is 2.60. The van der Waals surface area contributed by atoms with Crippen LogP contribution in [0.25, 0.3) is 0 Å². The molecule has 2 rings (SSSR count). The van der Waals surface area contributed by atoms with Crippen LogP contribution < -0.4 is 5.32 Å². The zero-order valence-electron chi connectivity index (χ0n) is 13.4. The monoisotopic (exact) mass is 356 g/mol. The first-order valence-corrected chi connectivity index (χ1v) is 10.6. The summed E-state index contributed by atoms with van der Waals surface area (Å²) in [6.07, 6.45) is 1.50. The van der Waals surface area contributed by atoms with Crippen molar-refractivity contribution in [1.29, 1.82) is 0 Å². The van der Waals surface area contributed by atoms with Crippen LogP contribution in [0.15, 0.2) is 35.2 Å². The van der Waals surface area contributed by atoms with Gasteiger partial charge in [-0.1, -0.05) is 18.2 Å². The quantitative estimate of drug-likeness (QED) is 0.599. The van der Waals surface area contributed by atoms with Crippen LogP contribution in [0.4, 0.5) is 0 Å². The summed E-state index contributed by atoms with van der Waals surface area (Å²) in [6.45, 7) is 3.08. The first kappa shape index (κ1) is 18.3. The molecule has 0 spiro atoms. The summed E-state index contributed by atoms with van der Waals surface area (Å²) in [5.41, 5.74) is 0. The van der Waals surface area contributed by atoms with E-state index in [0.717, 1.165) is 18.6 Å². The summed E-state index contributed by atoms with van der Waals surface area (Å²) < 4.78 is 25.3. The molecule has 5 nitrogen and oxygen atoms in total. The van der Waals surface area contributed by atoms with E-state index < -0.39 is 10.0 Å². The van der Waals surface area contributed by atoms with Crippen molar-refractivity contribution in [2.75, 3.05) is 31.1 Å². The van der Waals surface area contributed by atoms with Crippen LogP contribution in [0.3, 0.4) is 0 Å². The summed E-state index contributed by atoms with van der Waals surface area (Å²) in [5.74, 6) is 0.635. The Morgan fingerprint density at radius 3 is 2.78 bits per heavy atom. The van der Waals surface area contributed by atoms with Gasteiger partial charge in [0.15, 0.2) is 0 Å². The van der Waals surface area contributed by atoms with Crippen LogP contribution in [0.2, 0.25) is 0 Å². The number of nitrogens with one attached hydrogen (secondary N) is 1. The van der Waals surface area contributed by atoms with E-state index in [1.807, 2.05) is 30.3 Å². The van der Waals surface area contributed by atoms with Gasteiger partial charge in [0.05, 0.1) is 11.7 Å². The maximum absolute atomic E-state index is 12.2. The van der Waals surface area contributed by atoms with Crippen LogP contribution in [0, 0.1) is 5.92 Å². The zero-order valence-corrected chi connectivity index (χ0v) is 15.0. The number of hydrogen-bond donors (Lipinski definition) is 1. The Kier molecular flexibility index (Phi) is 6.92. The van der Waals surface area contributed by atoms with Gasteiger partial charge in [0.25, 0.3) is 0 Å². The molecule has 1 amide bonds. The molecule has 7 heteroatoms.